The molecule has 0 aliphatic carbocycles. The molecule has 2 heterocycles. The van der Waals surface area contributed by atoms with Gasteiger partial charge in [0.2, 0.25) is 5.95 Å². The molecule has 1 fully saturated rings. The van der Waals surface area contributed by atoms with Gasteiger partial charge in [0.15, 0.2) is 0 Å². The lowest BCUT2D eigenvalue weighted by molar-refractivity contribution is 0.875. The molecule has 0 amide bonds. The Labute approximate surface area is 143 Å². The highest BCUT2D eigenvalue weighted by molar-refractivity contribution is 5.63. The Morgan fingerprint density at radius 3 is 2.00 bits per heavy atom. The molecule has 0 N–H and O–H groups in total. The number of anilines is 1. The molecule has 4 rings (SSSR count). The van der Waals surface area contributed by atoms with Crippen LogP contribution in [0.15, 0.2) is 54.7 Å². The molecule has 0 radical (unpaired) electrons. The molecule has 1 saturated heterocycles. The van der Waals surface area contributed by atoms with Gasteiger partial charge in [-0.05, 0) is 38.8 Å². The molecule has 2 aromatic carbocycles. The Balaban J connectivity index is 1.80. The van der Waals surface area contributed by atoms with E-state index in [2.05, 4.69) is 78.0 Å². The van der Waals surface area contributed by atoms with Crippen molar-refractivity contribution in [3.8, 4) is 16.9 Å². The zero-order chi connectivity index (χ0) is 16.5. The minimum Gasteiger partial charge on any atom is -0.342 e. The lowest BCUT2D eigenvalue weighted by Crippen LogP contribution is -2.21. The van der Waals surface area contributed by atoms with Crippen molar-refractivity contribution in [2.45, 2.75) is 26.7 Å². The first-order valence-corrected chi connectivity index (χ1v) is 8.69. The van der Waals surface area contributed by atoms with Crippen LogP contribution >= 0.6 is 0 Å². The quantitative estimate of drug-likeness (QED) is 0.694. The van der Waals surface area contributed by atoms with Crippen LogP contribution in [0, 0.1) is 13.8 Å². The Morgan fingerprint density at radius 2 is 1.38 bits per heavy atom. The lowest BCUT2D eigenvalue weighted by Gasteiger charge is -2.18. The van der Waals surface area contributed by atoms with Crippen LogP contribution in [0.2, 0.25) is 0 Å². The highest BCUT2D eigenvalue weighted by Crippen LogP contribution is 2.28. The van der Waals surface area contributed by atoms with Gasteiger partial charge >= 0.3 is 0 Å². The highest BCUT2D eigenvalue weighted by atomic mass is 15.3. The smallest absolute Gasteiger partial charge is 0.210 e. The Morgan fingerprint density at radius 1 is 0.792 bits per heavy atom. The first-order valence-electron chi connectivity index (χ1n) is 8.69. The number of aryl methyl sites for hydroxylation is 2. The van der Waals surface area contributed by atoms with Crippen LogP contribution in [0.5, 0.6) is 0 Å². The second kappa shape index (κ2) is 6.16. The van der Waals surface area contributed by atoms with Gasteiger partial charge in [0.25, 0.3) is 0 Å². The summed E-state index contributed by atoms with van der Waals surface area (Å²) in [6.07, 6.45) is 4.67. The number of hydrogen-bond donors (Lipinski definition) is 0. The van der Waals surface area contributed by atoms with Crippen LogP contribution in [0.3, 0.4) is 0 Å². The molecule has 0 bridgehead atoms. The SMILES string of the molecule is Cc1ccc(-c2cn(-c3ccc(C)cc3)c(N3CCCC3)n2)cc1. The third-order valence-corrected chi connectivity index (χ3v) is 4.74. The lowest BCUT2D eigenvalue weighted by atomic mass is 10.1. The van der Waals surface area contributed by atoms with Crippen LogP contribution in [0.4, 0.5) is 5.95 Å². The van der Waals surface area contributed by atoms with Crippen molar-refractivity contribution in [3.05, 3.63) is 65.9 Å². The van der Waals surface area contributed by atoms with Crippen molar-refractivity contribution in [3.63, 3.8) is 0 Å². The van der Waals surface area contributed by atoms with Crippen molar-refractivity contribution < 1.29 is 0 Å². The molecule has 1 aliphatic rings. The standard InChI is InChI=1S/C21H23N3/c1-16-5-9-18(10-6-16)20-15-24(19-11-7-17(2)8-12-19)21(22-20)23-13-3-4-14-23/h5-12,15H,3-4,13-14H2,1-2H3. The molecule has 0 atom stereocenters. The second-order valence-corrected chi connectivity index (χ2v) is 6.69. The Bertz CT molecular complexity index is 823. The van der Waals surface area contributed by atoms with Gasteiger partial charge < -0.3 is 4.90 Å². The normalized spacial score (nSPS) is 14.3. The van der Waals surface area contributed by atoms with E-state index in [1.54, 1.807) is 0 Å². The van der Waals surface area contributed by atoms with Crippen LogP contribution in [0.1, 0.15) is 24.0 Å². The number of aromatic nitrogens is 2. The third-order valence-electron chi connectivity index (χ3n) is 4.74. The summed E-state index contributed by atoms with van der Waals surface area (Å²) < 4.78 is 2.24. The third kappa shape index (κ3) is 2.82. The second-order valence-electron chi connectivity index (χ2n) is 6.69. The molecule has 3 heteroatoms. The van der Waals surface area contributed by atoms with Crippen molar-refractivity contribution in [2.24, 2.45) is 0 Å². The minimum atomic E-state index is 1.04. The van der Waals surface area contributed by atoms with Gasteiger partial charge in [-0.15, -0.1) is 0 Å². The fraction of sp³-hybridized carbons (Fsp3) is 0.286. The fourth-order valence-electron chi connectivity index (χ4n) is 3.27. The van der Waals surface area contributed by atoms with Crippen molar-refractivity contribution in [1.82, 2.24) is 9.55 Å². The molecule has 24 heavy (non-hydrogen) atoms. The van der Waals surface area contributed by atoms with Gasteiger partial charge in [-0.2, -0.15) is 0 Å². The number of benzene rings is 2. The predicted octanol–water partition coefficient (Wildman–Crippen LogP) is 4.76. The molecule has 122 valence electrons. The molecule has 3 aromatic rings. The zero-order valence-corrected chi connectivity index (χ0v) is 14.4. The summed E-state index contributed by atoms with van der Waals surface area (Å²) in [5, 5.41) is 0. The summed E-state index contributed by atoms with van der Waals surface area (Å²) >= 11 is 0. The fourth-order valence-corrected chi connectivity index (χ4v) is 3.27. The summed E-state index contributed by atoms with van der Waals surface area (Å²) in [5.41, 5.74) is 5.94. The van der Waals surface area contributed by atoms with Crippen LogP contribution in [-0.2, 0) is 0 Å². The maximum atomic E-state index is 4.98. The highest BCUT2D eigenvalue weighted by Gasteiger charge is 2.20. The van der Waals surface area contributed by atoms with E-state index < -0.39 is 0 Å². The molecule has 0 saturated carbocycles. The summed E-state index contributed by atoms with van der Waals surface area (Å²) in [6, 6.07) is 17.3. The van der Waals surface area contributed by atoms with E-state index in [0.29, 0.717) is 0 Å². The van der Waals surface area contributed by atoms with E-state index in [1.165, 1.54) is 35.2 Å². The van der Waals surface area contributed by atoms with Crippen LogP contribution in [0.25, 0.3) is 16.9 Å². The summed E-state index contributed by atoms with van der Waals surface area (Å²) in [4.78, 5) is 7.38. The predicted molar refractivity (Wildman–Crippen MR) is 99.9 cm³/mol. The Kier molecular flexibility index (Phi) is 3.85. The van der Waals surface area contributed by atoms with E-state index in [0.717, 1.165) is 24.7 Å². The molecule has 1 aromatic heterocycles. The average Bonchev–Trinajstić information content (AvgIpc) is 3.25. The maximum Gasteiger partial charge on any atom is 0.210 e. The van der Waals surface area contributed by atoms with Gasteiger partial charge in [0.1, 0.15) is 0 Å². The topological polar surface area (TPSA) is 21.1 Å². The van der Waals surface area contributed by atoms with Crippen LogP contribution in [-0.4, -0.2) is 22.6 Å². The number of rotatable bonds is 3. The molecular formula is C21H23N3. The monoisotopic (exact) mass is 317 g/mol. The summed E-state index contributed by atoms with van der Waals surface area (Å²) in [5.74, 6) is 1.06. The molecule has 0 spiro atoms. The first kappa shape index (κ1) is 15.0. The van der Waals surface area contributed by atoms with Crippen molar-refractivity contribution in [1.29, 1.82) is 0 Å². The Hall–Kier alpha value is -2.55. The average molecular weight is 317 g/mol. The number of imidazole rings is 1. The largest absolute Gasteiger partial charge is 0.342 e. The minimum absolute atomic E-state index is 1.04. The molecule has 3 nitrogen and oxygen atoms in total. The van der Waals surface area contributed by atoms with E-state index >= 15 is 0 Å². The maximum absolute atomic E-state index is 4.98. The van der Waals surface area contributed by atoms with E-state index in [1.807, 2.05) is 0 Å². The number of nitrogens with zero attached hydrogens (tertiary/aromatic N) is 3. The van der Waals surface area contributed by atoms with Gasteiger partial charge in [-0.3, -0.25) is 4.57 Å². The van der Waals surface area contributed by atoms with Crippen molar-refractivity contribution in [2.75, 3.05) is 18.0 Å². The van der Waals surface area contributed by atoms with Gasteiger partial charge in [0.05, 0.1) is 5.69 Å². The van der Waals surface area contributed by atoms with Crippen molar-refractivity contribution >= 4 is 5.95 Å². The van der Waals surface area contributed by atoms with E-state index in [9.17, 15) is 0 Å². The first-order chi connectivity index (χ1) is 11.7. The zero-order valence-electron chi connectivity index (χ0n) is 14.4. The van der Waals surface area contributed by atoms with Gasteiger partial charge in [0, 0.05) is 30.5 Å². The summed E-state index contributed by atoms with van der Waals surface area (Å²) in [6.45, 7) is 6.42. The van der Waals surface area contributed by atoms with Gasteiger partial charge in [-0.25, -0.2) is 4.98 Å². The molecular weight excluding hydrogens is 294 g/mol. The molecule has 0 unspecified atom stereocenters. The van der Waals surface area contributed by atoms with Crippen LogP contribution < -0.4 is 4.90 Å². The van der Waals surface area contributed by atoms with Gasteiger partial charge in [-0.1, -0.05) is 47.5 Å². The molecule has 1 aliphatic heterocycles. The number of hydrogen-bond acceptors (Lipinski definition) is 2. The van der Waals surface area contributed by atoms with E-state index in [4.69, 9.17) is 4.98 Å². The van der Waals surface area contributed by atoms with E-state index in [-0.39, 0.29) is 0 Å². The summed E-state index contributed by atoms with van der Waals surface area (Å²) in [7, 11) is 0.